The van der Waals surface area contributed by atoms with Crippen LogP contribution in [0.5, 0.6) is 0 Å². The lowest BCUT2D eigenvalue weighted by Crippen LogP contribution is -2.18. The van der Waals surface area contributed by atoms with E-state index in [1.54, 1.807) is 12.1 Å². The lowest BCUT2D eigenvalue weighted by atomic mass is 10.0. The zero-order valence-electron chi connectivity index (χ0n) is 9.60. The molecule has 2 N–H and O–H groups in total. The molecule has 84 valence electrons. The molecule has 0 aliphatic heterocycles. The highest BCUT2D eigenvalue weighted by Crippen LogP contribution is 2.20. The van der Waals surface area contributed by atoms with Crippen molar-refractivity contribution in [2.24, 2.45) is 0 Å². The van der Waals surface area contributed by atoms with E-state index in [0.717, 1.165) is 18.7 Å². The third-order valence-electron chi connectivity index (χ3n) is 2.35. The van der Waals surface area contributed by atoms with Crippen LogP contribution in [-0.2, 0) is 0 Å². The van der Waals surface area contributed by atoms with Crippen molar-refractivity contribution in [1.82, 2.24) is 5.32 Å². The van der Waals surface area contributed by atoms with Crippen molar-refractivity contribution in [3.8, 4) is 0 Å². The maximum atomic E-state index is 13.6. The molecule has 0 radical (unpaired) electrons. The van der Waals surface area contributed by atoms with Crippen molar-refractivity contribution in [3.63, 3.8) is 0 Å². The standard InChI is InChI=1S/C12H19FN2/c1-9(2)10-4-5-12(11(13)8-10)15-7-6-14-3/h4-5,8-9,14-15H,6-7H2,1-3H3. The molecule has 0 saturated carbocycles. The Morgan fingerprint density at radius 2 is 2.00 bits per heavy atom. The Kier molecular flexibility index (Phi) is 4.56. The molecule has 0 aliphatic rings. The second-order valence-corrected chi connectivity index (χ2v) is 3.92. The molecule has 1 rings (SSSR count). The van der Waals surface area contributed by atoms with Gasteiger partial charge in [-0.05, 0) is 30.7 Å². The van der Waals surface area contributed by atoms with E-state index in [4.69, 9.17) is 0 Å². The predicted molar refractivity (Wildman–Crippen MR) is 62.9 cm³/mol. The van der Waals surface area contributed by atoms with Gasteiger partial charge in [-0.1, -0.05) is 19.9 Å². The summed E-state index contributed by atoms with van der Waals surface area (Å²) in [6.07, 6.45) is 0. The quantitative estimate of drug-likeness (QED) is 0.730. The van der Waals surface area contributed by atoms with Crippen LogP contribution in [0.1, 0.15) is 25.3 Å². The maximum absolute atomic E-state index is 13.6. The molecule has 0 heterocycles. The molecule has 2 nitrogen and oxygen atoms in total. The van der Waals surface area contributed by atoms with Gasteiger partial charge in [0.2, 0.25) is 0 Å². The molecule has 0 unspecified atom stereocenters. The van der Waals surface area contributed by atoms with Gasteiger partial charge >= 0.3 is 0 Å². The van der Waals surface area contributed by atoms with Gasteiger partial charge in [0.25, 0.3) is 0 Å². The molecule has 0 bridgehead atoms. The number of hydrogen-bond acceptors (Lipinski definition) is 2. The number of halogens is 1. The third kappa shape index (κ3) is 3.51. The summed E-state index contributed by atoms with van der Waals surface area (Å²) >= 11 is 0. The van der Waals surface area contributed by atoms with Gasteiger partial charge < -0.3 is 10.6 Å². The highest BCUT2D eigenvalue weighted by Gasteiger charge is 2.05. The molecule has 0 aliphatic carbocycles. The first-order chi connectivity index (χ1) is 7.15. The summed E-state index contributed by atoms with van der Waals surface area (Å²) in [7, 11) is 1.87. The Hall–Kier alpha value is -1.09. The minimum Gasteiger partial charge on any atom is -0.381 e. The second kappa shape index (κ2) is 5.71. The Morgan fingerprint density at radius 3 is 2.53 bits per heavy atom. The second-order valence-electron chi connectivity index (χ2n) is 3.92. The van der Waals surface area contributed by atoms with Crippen LogP contribution in [0.25, 0.3) is 0 Å². The number of nitrogens with one attached hydrogen (secondary N) is 2. The summed E-state index contributed by atoms with van der Waals surface area (Å²) in [5.74, 6) is 0.197. The van der Waals surface area contributed by atoms with Gasteiger partial charge in [0, 0.05) is 13.1 Å². The number of hydrogen-bond donors (Lipinski definition) is 2. The fourth-order valence-corrected chi connectivity index (χ4v) is 1.36. The summed E-state index contributed by atoms with van der Waals surface area (Å²) in [5, 5.41) is 6.04. The van der Waals surface area contributed by atoms with Gasteiger partial charge in [-0.25, -0.2) is 4.39 Å². The average molecular weight is 210 g/mol. The Bertz CT molecular complexity index is 310. The molecular formula is C12H19FN2. The molecule has 0 spiro atoms. The van der Waals surface area contributed by atoms with Gasteiger partial charge in [0.05, 0.1) is 5.69 Å². The Morgan fingerprint density at radius 1 is 1.27 bits per heavy atom. The van der Waals surface area contributed by atoms with E-state index in [2.05, 4.69) is 24.5 Å². The SMILES string of the molecule is CNCCNc1ccc(C(C)C)cc1F. The number of rotatable bonds is 5. The molecule has 1 aromatic carbocycles. The lowest BCUT2D eigenvalue weighted by molar-refractivity contribution is 0.625. The summed E-state index contributed by atoms with van der Waals surface area (Å²) in [5.41, 5.74) is 1.61. The van der Waals surface area contributed by atoms with E-state index < -0.39 is 0 Å². The normalized spacial score (nSPS) is 10.7. The minimum atomic E-state index is -0.169. The fraction of sp³-hybridized carbons (Fsp3) is 0.500. The predicted octanol–water partition coefficient (Wildman–Crippen LogP) is 2.58. The van der Waals surface area contributed by atoms with Gasteiger partial charge in [-0.3, -0.25) is 0 Å². The average Bonchev–Trinajstić information content (AvgIpc) is 2.20. The molecule has 0 aromatic heterocycles. The third-order valence-corrected chi connectivity index (χ3v) is 2.35. The highest BCUT2D eigenvalue weighted by molar-refractivity contribution is 5.46. The number of likely N-dealkylation sites (N-methyl/N-ethyl adjacent to an activating group) is 1. The monoisotopic (exact) mass is 210 g/mol. The van der Waals surface area contributed by atoms with Crippen LogP contribution >= 0.6 is 0 Å². The molecule has 0 atom stereocenters. The molecule has 0 saturated heterocycles. The molecule has 0 amide bonds. The highest BCUT2D eigenvalue weighted by atomic mass is 19.1. The van der Waals surface area contributed by atoms with Crippen molar-refractivity contribution < 1.29 is 4.39 Å². The van der Waals surface area contributed by atoms with Crippen LogP contribution in [-0.4, -0.2) is 20.1 Å². The molecule has 15 heavy (non-hydrogen) atoms. The van der Waals surface area contributed by atoms with Gasteiger partial charge in [0.15, 0.2) is 0 Å². The Labute approximate surface area is 90.9 Å². The van der Waals surface area contributed by atoms with Gasteiger partial charge in [-0.15, -0.1) is 0 Å². The summed E-state index contributed by atoms with van der Waals surface area (Å²) in [4.78, 5) is 0. The van der Waals surface area contributed by atoms with Crippen LogP contribution in [0.3, 0.4) is 0 Å². The van der Waals surface area contributed by atoms with Crippen molar-refractivity contribution >= 4 is 5.69 Å². The van der Waals surface area contributed by atoms with Crippen LogP contribution < -0.4 is 10.6 Å². The minimum absolute atomic E-state index is 0.169. The van der Waals surface area contributed by atoms with Crippen molar-refractivity contribution in [3.05, 3.63) is 29.6 Å². The first-order valence-electron chi connectivity index (χ1n) is 5.33. The Balaban J connectivity index is 2.66. The van der Waals surface area contributed by atoms with E-state index in [1.165, 1.54) is 0 Å². The van der Waals surface area contributed by atoms with E-state index in [1.807, 2.05) is 13.1 Å². The fourth-order valence-electron chi connectivity index (χ4n) is 1.36. The van der Waals surface area contributed by atoms with Crippen LogP contribution in [0.4, 0.5) is 10.1 Å². The topological polar surface area (TPSA) is 24.1 Å². The van der Waals surface area contributed by atoms with Crippen LogP contribution in [0.2, 0.25) is 0 Å². The van der Waals surface area contributed by atoms with Crippen LogP contribution in [0.15, 0.2) is 18.2 Å². The van der Waals surface area contributed by atoms with Crippen molar-refractivity contribution in [2.45, 2.75) is 19.8 Å². The van der Waals surface area contributed by atoms with E-state index in [9.17, 15) is 4.39 Å². The zero-order valence-corrected chi connectivity index (χ0v) is 9.60. The number of benzene rings is 1. The molecular weight excluding hydrogens is 191 g/mol. The van der Waals surface area contributed by atoms with E-state index in [0.29, 0.717) is 11.6 Å². The van der Waals surface area contributed by atoms with Gasteiger partial charge in [0.1, 0.15) is 5.82 Å². The maximum Gasteiger partial charge on any atom is 0.146 e. The summed E-state index contributed by atoms with van der Waals surface area (Å²) < 4.78 is 13.6. The van der Waals surface area contributed by atoms with E-state index >= 15 is 0 Å². The van der Waals surface area contributed by atoms with Crippen molar-refractivity contribution in [2.75, 3.05) is 25.5 Å². The molecule has 1 aromatic rings. The summed E-state index contributed by atoms with van der Waals surface area (Å²) in [6, 6.07) is 5.38. The smallest absolute Gasteiger partial charge is 0.146 e. The molecule has 3 heteroatoms. The zero-order chi connectivity index (χ0) is 11.3. The van der Waals surface area contributed by atoms with Crippen LogP contribution in [0, 0.1) is 5.82 Å². The first kappa shape index (κ1) is 12.0. The lowest BCUT2D eigenvalue weighted by Gasteiger charge is -2.10. The first-order valence-corrected chi connectivity index (χ1v) is 5.33. The van der Waals surface area contributed by atoms with Crippen molar-refractivity contribution in [1.29, 1.82) is 0 Å². The largest absolute Gasteiger partial charge is 0.381 e. The number of anilines is 1. The summed E-state index contributed by atoms with van der Waals surface area (Å²) in [6.45, 7) is 5.67. The van der Waals surface area contributed by atoms with Gasteiger partial charge in [-0.2, -0.15) is 0 Å². The van der Waals surface area contributed by atoms with E-state index in [-0.39, 0.29) is 5.82 Å². The molecule has 0 fully saturated rings.